The fourth-order valence-corrected chi connectivity index (χ4v) is 2.18. The van der Waals surface area contributed by atoms with Gasteiger partial charge in [-0.2, -0.15) is 0 Å². The van der Waals surface area contributed by atoms with E-state index in [0.717, 1.165) is 0 Å². The van der Waals surface area contributed by atoms with Crippen LogP contribution in [0.3, 0.4) is 0 Å². The SMILES string of the molecule is CN(Cc1ccccc1[N+](=O)[O-])C(=O)[C@@H]1C[C@@H]1C(=O)O. The number of nitrogens with zero attached hydrogens (tertiary/aromatic N) is 2. The van der Waals surface area contributed by atoms with E-state index in [4.69, 9.17) is 5.11 Å². The second-order valence-electron chi connectivity index (χ2n) is 4.87. The van der Waals surface area contributed by atoms with Crippen LogP contribution in [0.15, 0.2) is 24.3 Å². The maximum absolute atomic E-state index is 12.0. The second-order valence-corrected chi connectivity index (χ2v) is 4.87. The van der Waals surface area contributed by atoms with Crippen LogP contribution in [0.4, 0.5) is 5.69 Å². The molecule has 0 aliphatic heterocycles. The van der Waals surface area contributed by atoms with Crippen molar-refractivity contribution in [1.29, 1.82) is 0 Å². The maximum Gasteiger partial charge on any atom is 0.307 e. The molecule has 1 saturated carbocycles. The minimum Gasteiger partial charge on any atom is -0.481 e. The molecule has 2 rings (SSSR count). The van der Waals surface area contributed by atoms with Crippen molar-refractivity contribution >= 4 is 17.6 Å². The Bertz CT molecular complexity index is 572. The lowest BCUT2D eigenvalue weighted by Crippen LogP contribution is -2.29. The van der Waals surface area contributed by atoms with E-state index < -0.39 is 22.7 Å². The number of para-hydroxylation sites is 1. The molecule has 0 bridgehead atoms. The van der Waals surface area contributed by atoms with Crippen LogP contribution >= 0.6 is 0 Å². The minimum atomic E-state index is -0.970. The number of carbonyl (C=O) groups excluding carboxylic acids is 1. The van der Waals surface area contributed by atoms with Crippen molar-refractivity contribution in [2.75, 3.05) is 7.05 Å². The third kappa shape index (κ3) is 2.76. The quantitative estimate of drug-likeness (QED) is 0.645. The second kappa shape index (κ2) is 5.28. The molecule has 1 aliphatic rings. The highest BCUT2D eigenvalue weighted by molar-refractivity contribution is 5.89. The lowest BCUT2D eigenvalue weighted by molar-refractivity contribution is -0.385. The standard InChI is InChI=1S/C13H14N2O5/c1-14(12(16)9-6-10(9)13(17)18)7-8-4-2-3-5-11(8)15(19)20/h2-5,9-10H,6-7H2,1H3,(H,17,18)/t9-,10+/m1/s1. The lowest BCUT2D eigenvalue weighted by atomic mass is 10.1. The molecule has 0 spiro atoms. The summed E-state index contributed by atoms with van der Waals surface area (Å²) in [5, 5.41) is 19.7. The summed E-state index contributed by atoms with van der Waals surface area (Å²) in [6, 6.07) is 6.19. The van der Waals surface area contributed by atoms with Crippen LogP contribution in [0, 0.1) is 22.0 Å². The highest BCUT2D eigenvalue weighted by atomic mass is 16.6. The average molecular weight is 278 g/mol. The summed E-state index contributed by atoms with van der Waals surface area (Å²) in [6.07, 6.45) is 0.343. The highest BCUT2D eigenvalue weighted by Gasteiger charge is 2.49. The van der Waals surface area contributed by atoms with Gasteiger partial charge in [0.25, 0.3) is 5.69 Å². The molecule has 1 amide bonds. The number of rotatable bonds is 5. The zero-order valence-corrected chi connectivity index (χ0v) is 10.9. The van der Waals surface area contributed by atoms with Crippen molar-refractivity contribution in [2.24, 2.45) is 11.8 Å². The number of carboxylic acid groups (broad SMARTS) is 1. The first-order valence-electron chi connectivity index (χ1n) is 6.12. The van der Waals surface area contributed by atoms with Crippen LogP contribution in [0.2, 0.25) is 0 Å². The monoisotopic (exact) mass is 278 g/mol. The van der Waals surface area contributed by atoms with Crippen LogP contribution in [0.25, 0.3) is 0 Å². The number of carbonyl (C=O) groups is 2. The molecule has 0 saturated heterocycles. The average Bonchev–Trinajstić information content (AvgIpc) is 3.18. The van der Waals surface area contributed by atoms with Gasteiger partial charge in [0.1, 0.15) is 0 Å². The Morgan fingerprint density at radius 2 is 2.05 bits per heavy atom. The van der Waals surface area contributed by atoms with Gasteiger partial charge in [0.15, 0.2) is 0 Å². The van der Waals surface area contributed by atoms with Crippen LogP contribution < -0.4 is 0 Å². The number of nitro groups is 1. The third-order valence-electron chi connectivity index (χ3n) is 3.40. The Kier molecular flexibility index (Phi) is 3.69. The van der Waals surface area contributed by atoms with Crippen molar-refractivity contribution in [3.63, 3.8) is 0 Å². The van der Waals surface area contributed by atoms with Gasteiger partial charge in [0.2, 0.25) is 5.91 Å². The van der Waals surface area contributed by atoms with Crippen molar-refractivity contribution in [2.45, 2.75) is 13.0 Å². The first-order chi connectivity index (χ1) is 9.41. The molecule has 0 radical (unpaired) electrons. The zero-order chi connectivity index (χ0) is 14.9. The fourth-order valence-electron chi connectivity index (χ4n) is 2.18. The Morgan fingerprint density at radius 1 is 1.40 bits per heavy atom. The summed E-state index contributed by atoms with van der Waals surface area (Å²) in [5.74, 6) is -2.37. The van der Waals surface area contributed by atoms with E-state index in [9.17, 15) is 19.7 Å². The van der Waals surface area contributed by atoms with E-state index in [1.165, 1.54) is 18.0 Å². The molecule has 1 fully saturated rings. The molecule has 0 heterocycles. The fraction of sp³-hybridized carbons (Fsp3) is 0.385. The normalized spacial score (nSPS) is 20.2. The number of hydrogen-bond acceptors (Lipinski definition) is 4. The predicted octanol–water partition coefficient (Wildman–Crippen LogP) is 1.27. The highest BCUT2D eigenvalue weighted by Crippen LogP contribution is 2.40. The maximum atomic E-state index is 12.0. The minimum absolute atomic E-state index is 0.0438. The molecule has 1 aromatic rings. The molecular weight excluding hydrogens is 264 g/mol. The van der Waals surface area contributed by atoms with E-state index in [1.807, 2.05) is 0 Å². The molecule has 0 unspecified atom stereocenters. The van der Waals surface area contributed by atoms with Crippen LogP contribution in [0.1, 0.15) is 12.0 Å². The largest absolute Gasteiger partial charge is 0.481 e. The molecule has 106 valence electrons. The molecule has 1 aliphatic carbocycles. The first-order valence-corrected chi connectivity index (χ1v) is 6.12. The van der Waals surface area contributed by atoms with Gasteiger partial charge in [-0.25, -0.2) is 0 Å². The Labute approximate surface area is 115 Å². The number of hydrogen-bond donors (Lipinski definition) is 1. The summed E-state index contributed by atoms with van der Waals surface area (Å²) in [4.78, 5) is 34.5. The number of carboxylic acids is 1. The predicted molar refractivity (Wildman–Crippen MR) is 68.8 cm³/mol. The zero-order valence-electron chi connectivity index (χ0n) is 10.9. The van der Waals surface area contributed by atoms with Crippen LogP contribution in [0.5, 0.6) is 0 Å². The smallest absolute Gasteiger partial charge is 0.307 e. The molecule has 2 atom stereocenters. The summed E-state index contributed by atoms with van der Waals surface area (Å²) in [5.41, 5.74) is 0.388. The number of aliphatic carboxylic acids is 1. The van der Waals surface area contributed by atoms with Gasteiger partial charge >= 0.3 is 5.97 Å². The van der Waals surface area contributed by atoms with Crippen LogP contribution in [-0.2, 0) is 16.1 Å². The summed E-state index contributed by atoms with van der Waals surface area (Å²) in [6.45, 7) is 0.0961. The van der Waals surface area contributed by atoms with Gasteiger partial charge < -0.3 is 10.0 Å². The van der Waals surface area contributed by atoms with E-state index in [2.05, 4.69) is 0 Å². The van der Waals surface area contributed by atoms with Gasteiger partial charge in [0.05, 0.1) is 23.3 Å². The first kappa shape index (κ1) is 14.0. The van der Waals surface area contributed by atoms with E-state index >= 15 is 0 Å². The Balaban J connectivity index is 2.05. The molecule has 1 aromatic carbocycles. The van der Waals surface area contributed by atoms with Gasteiger partial charge in [-0.15, -0.1) is 0 Å². The molecular formula is C13H14N2O5. The van der Waals surface area contributed by atoms with Gasteiger partial charge in [-0.05, 0) is 6.42 Å². The Hall–Kier alpha value is -2.44. The van der Waals surface area contributed by atoms with Crippen LogP contribution in [-0.4, -0.2) is 33.9 Å². The van der Waals surface area contributed by atoms with Crippen molar-refractivity contribution in [1.82, 2.24) is 4.90 Å². The molecule has 7 heteroatoms. The lowest BCUT2D eigenvalue weighted by Gasteiger charge is -2.17. The van der Waals surface area contributed by atoms with Crippen molar-refractivity contribution < 1.29 is 19.6 Å². The Morgan fingerprint density at radius 3 is 2.60 bits per heavy atom. The van der Waals surface area contributed by atoms with E-state index in [-0.39, 0.29) is 18.1 Å². The molecule has 1 N–H and O–H groups in total. The number of amides is 1. The van der Waals surface area contributed by atoms with Gasteiger partial charge in [-0.1, -0.05) is 18.2 Å². The molecule has 20 heavy (non-hydrogen) atoms. The number of benzene rings is 1. The van der Waals surface area contributed by atoms with Gasteiger partial charge in [-0.3, -0.25) is 19.7 Å². The van der Waals surface area contributed by atoms with Crippen molar-refractivity contribution in [3.05, 3.63) is 39.9 Å². The van der Waals surface area contributed by atoms with Crippen molar-refractivity contribution in [3.8, 4) is 0 Å². The summed E-state index contributed by atoms with van der Waals surface area (Å²) < 4.78 is 0. The summed E-state index contributed by atoms with van der Waals surface area (Å²) >= 11 is 0. The summed E-state index contributed by atoms with van der Waals surface area (Å²) in [7, 11) is 1.52. The number of nitro benzene ring substituents is 1. The van der Waals surface area contributed by atoms with Gasteiger partial charge in [0, 0.05) is 18.7 Å². The topological polar surface area (TPSA) is 101 Å². The van der Waals surface area contributed by atoms with E-state index in [1.54, 1.807) is 18.2 Å². The molecule has 7 nitrogen and oxygen atoms in total. The van der Waals surface area contributed by atoms with E-state index in [0.29, 0.717) is 12.0 Å². The molecule has 0 aromatic heterocycles. The third-order valence-corrected chi connectivity index (χ3v) is 3.40.